The predicted octanol–water partition coefficient (Wildman–Crippen LogP) is 1.13. The summed E-state index contributed by atoms with van der Waals surface area (Å²) < 4.78 is 11.4. The molecule has 2 aromatic rings. The Morgan fingerprint density at radius 3 is 3.17 bits per heavy atom. The fraction of sp³-hybridized carbons (Fsp3) is 0.500. The van der Waals surface area contributed by atoms with Crippen molar-refractivity contribution in [2.24, 2.45) is 0 Å². The van der Waals surface area contributed by atoms with E-state index in [4.69, 9.17) is 9.47 Å². The average molecular weight is 331 g/mol. The summed E-state index contributed by atoms with van der Waals surface area (Å²) in [5, 5.41) is 7.05. The molecule has 0 saturated carbocycles. The highest BCUT2D eigenvalue weighted by molar-refractivity contribution is 5.81. The van der Waals surface area contributed by atoms with Crippen LogP contribution in [0.2, 0.25) is 0 Å². The Morgan fingerprint density at radius 1 is 1.58 bits per heavy atom. The number of hydrogen-bond acceptors (Lipinski definition) is 6. The summed E-state index contributed by atoms with van der Waals surface area (Å²) in [6, 6.07) is 3.55. The summed E-state index contributed by atoms with van der Waals surface area (Å²) in [6.07, 6.45) is 3.12. The van der Waals surface area contributed by atoms with Crippen molar-refractivity contribution >= 4 is 5.91 Å². The number of ether oxygens (including phenoxy) is 2. The number of pyridine rings is 1. The Hall–Kier alpha value is -2.48. The second-order valence-electron chi connectivity index (χ2n) is 5.59. The summed E-state index contributed by atoms with van der Waals surface area (Å²) in [4.78, 5) is 22.7. The molecule has 1 amide bonds. The van der Waals surface area contributed by atoms with E-state index in [0.29, 0.717) is 31.3 Å². The maximum Gasteiger partial charge on any atom is 0.263 e. The minimum Gasteiger partial charge on any atom is -0.479 e. The van der Waals surface area contributed by atoms with E-state index in [0.717, 1.165) is 12.2 Å². The molecule has 3 rings (SSSR count). The molecule has 0 spiro atoms. The van der Waals surface area contributed by atoms with Gasteiger partial charge in [-0.2, -0.15) is 5.10 Å². The first-order valence-electron chi connectivity index (χ1n) is 8.05. The molecule has 24 heavy (non-hydrogen) atoms. The van der Waals surface area contributed by atoms with Crippen molar-refractivity contribution in [3.8, 4) is 5.75 Å². The van der Waals surface area contributed by atoms with Crippen LogP contribution in [0.1, 0.15) is 31.6 Å². The van der Waals surface area contributed by atoms with Gasteiger partial charge in [-0.15, -0.1) is 0 Å². The third-order valence-electron chi connectivity index (χ3n) is 3.85. The van der Waals surface area contributed by atoms with Crippen LogP contribution in [0.5, 0.6) is 5.75 Å². The van der Waals surface area contributed by atoms with Gasteiger partial charge in [0.05, 0.1) is 19.3 Å². The van der Waals surface area contributed by atoms with Crippen LogP contribution in [0.15, 0.2) is 24.5 Å². The highest BCUT2D eigenvalue weighted by atomic mass is 16.5. The molecule has 128 valence electrons. The maximum absolute atomic E-state index is 12.6. The maximum atomic E-state index is 12.6. The van der Waals surface area contributed by atoms with Gasteiger partial charge < -0.3 is 14.4 Å². The molecule has 0 aromatic carbocycles. The highest BCUT2D eigenvalue weighted by Crippen LogP contribution is 2.20. The standard InChI is InChI=1S/C16H21N5O3/c1-3-14-18-15(20-19-14)13-10-21(7-8-23-13)16(22)11(2)24-12-5-4-6-17-9-12/h4-6,9,11,13H,3,7-8,10H2,1-2H3,(H,18,19,20)/t11-,13+/m1/s1. The summed E-state index contributed by atoms with van der Waals surface area (Å²) >= 11 is 0. The molecule has 8 nitrogen and oxygen atoms in total. The lowest BCUT2D eigenvalue weighted by atomic mass is 10.2. The van der Waals surface area contributed by atoms with Gasteiger partial charge in [-0.3, -0.25) is 14.9 Å². The van der Waals surface area contributed by atoms with Crippen molar-refractivity contribution in [1.29, 1.82) is 0 Å². The zero-order chi connectivity index (χ0) is 16.9. The van der Waals surface area contributed by atoms with Crippen LogP contribution in [0.4, 0.5) is 0 Å². The number of hydrogen-bond donors (Lipinski definition) is 1. The van der Waals surface area contributed by atoms with E-state index in [2.05, 4.69) is 20.2 Å². The summed E-state index contributed by atoms with van der Waals surface area (Å²) in [6.45, 7) is 5.13. The Balaban J connectivity index is 1.62. The van der Waals surface area contributed by atoms with Crippen molar-refractivity contribution in [2.75, 3.05) is 19.7 Å². The van der Waals surface area contributed by atoms with Crippen molar-refractivity contribution in [3.63, 3.8) is 0 Å². The predicted molar refractivity (Wildman–Crippen MR) is 85.4 cm³/mol. The van der Waals surface area contributed by atoms with Crippen molar-refractivity contribution in [1.82, 2.24) is 25.1 Å². The molecule has 8 heteroatoms. The number of morpholine rings is 1. The minimum absolute atomic E-state index is 0.0848. The fourth-order valence-electron chi connectivity index (χ4n) is 2.55. The number of carbonyl (C=O) groups excluding carboxylic acids is 1. The molecule has 2 aromatic heterocycles. The number of amides is 1. The quantitative estimate of drug-likeness (QED) is 0.883. The SMILES string of the molecule is CCc1nc([C@@H]2CN(C(=O)[C@@H](C)Oc3cccnc3)CCO2)n[nH]1. The second-order valence-corrected chi connectivity index (χ2v) is 5.59. The molecule has 0 radical (unpaired) electrons. The number of rotatable bonds is 5. The number of nitrogens with one attached hydrogen (secondary N) is 1. The molecule has 1 fully saturated rings. The summed E-state index contributed by atoms with van der Waals surface area (Å²) in [7, 11) is 0. The summed E-state index contributed by atoms with van der Waals surface area (Å²) in [5.74, 6) is 1.89. The van der Waals surface area contributed by atoms with Crippen LogP contribution in [0.25, 0.3) is 0 Å². The van der Waals surface area contributed by atoms with Crippen LogP contribution < -0.4 is 4.74 Å². The molecule has 1 aliphatic rings. The van der Waals surface area contributed by atoms with E-state index in [1.165, 1.54) is 0 Å². The first-order chi connectivity index (χ1) is 11.7. The van der Waals surface area contributed by atoms with Gasteiger partial charge in [0.2, 0.25) is 0 Å². The van der Waals surface area contributed by atoms with Crippen LogP contribution in [-0.4, -0.2) is 56.8 Å². The first-order valence-corrected chi connectivity index (χ1v) is 8.05. The zero-order valence-electron chi connectivity index (χ0n) is 13.8. The molecule has 0 unspecified atom stereocenters. The van der Waals surface area contributed by atoms with E-state index >= 15 is 0 Å². The molecule has 0 bridgehead atoms. The lowest BCUT2D eigenvalue weighted by Crippen LogP contribution is -2.47. The summed E-state index contributed by atoms with van der Waals surface area (Å²) in [5.41, 5.74) is 0. The third kappa shape index (κ3) is 3.70. The number of aryl methyl sites for hydroxylation is 1. The minimum atomic E-state index is -0.591. The average Bonchev–Trinajstić information content (AvgIpc) is 3.11. The van der Waals surface area contributed by atoms with Crippen molar-refractivity contribution in [3.05, 3.63) is 36.2 Å². The van der Waals surface area contributed by atoms with Gasteiger partial charge in [0.1, 0.15) is 17.7 Å². The van der Waals surface area contributed by atoms with Crippen LogP contribution in [-0.2, 0) is 16.0 Å². The van der Waals surface area contributed by atoms with Crippen LogP contribution in [0.3, 0.4) is 0 Å². The lowest BCUT2D eigenvalue weighted by molar-refractivity contribution is -0.146. The van der Waals surface area contributed by atoms with E-state index in [1.807, 2.05) is 6.92 Å². The Morgan fingerprint density at radius 2 is 2.46 bits per heavy atom. The van der Waals surface area contributed by atoms with Crippen molar-refractivity contribution < 1.29 is 14.3 Å². The van der Waals surface area contributed by atoms with E-state index < -0.39 is 6.10 Å². The van der Waals surface area contributed by atoms with Gasteiger partial charge in [0, 0.05) is 19.2 Å². The van der Waals surface area contributed by atoms with Crippen LogP contribution >= 0.6 is 0 Å². The zero-order valence-corrected chi connectivity index (χ0v) is 13.8. The highest BCUT2D eigenvalue weighted by Gasteiger charge is 2.31. The molecule has 0 aliphatic carbocycles. The fourth-order valence-corrected chi connectivity index (χ4v) is 2.55. The molecule has 1 saturated heterocycles. The van der Waals surface area contributed by atoms with Gasteiger partial charge in [-0.25, -0.2) is 4.98 Å². The Kier molecular flexibility index (Phi) is 5.05. The molecule has 1 N–H and O–H groups in total. The number of H-pyrrole nitrogens is 1. The smallest absolute Gasteiger partial charge is 0.263 e. The van der Waals surface area contributed by atoms with Gasteiger partial charge in [0.15, 0.2) is 11.9 Å². The third-order valence-corrected chi connectivity index (χ3v) is 3.85. The number of aromatic nitrogens is 4. The number of aromatic amines is 1. The lowest BCUT2D eigenvalue weighted by Gasteiger charge is -2.33. The van der Waals surface area contributed by atoms with Crippen LogP contribution in [0, 0.1) is 0 Å². The van der Waals surface area contributed by atoms with Gasteiger partial charge in [-0.1, -0.05) is 6.92 Å². The normalized spacial score (nSPS) is 19.1. The molecule has 3 heterocycles. The van der Waals surface area contributed by atoms with Gasteiger partial charge >= 0.3 is 0 Å². The molecular weight excluding hydrogens is 310 g/mol. The van der Waals surface area contributed by atoms with E-state index in [-0.39, 0.29) is 12.0 Å². The van der Waals surface area contributed by atoms with E-state index in [9.17, 15) is 4.79 Å². The number of carbonyl (C=O) groups is 1. The molecule has 1 aliphatic heterocycles. The molecular formula is C16H21N5O3. The van der Waals surface area contributed by atoms with Gasteiger partial charge in [-0.05, 0) is 19.1 Å². The Labute approximate surface area is 140 Å². The van der Waals surface area contributed by atoms with Gasteiger partial charge in [0.25, 0.3) is 5.91 Å². The molecule has 2 atom stereocenters. The monoisotopic (exact) mass is 331 g/mol. The van der Waals surface area contributed by atoms with E-state index in [1.54, 1.807) is 36.4 Å². The Bertz CT molecular complexity index is 675. The first kappa shape index (κ1) is 16.4. The number of nitrogens with zero attached hydrogens (tertiary/aromatic N) is 4. The largest absolute Gasteiger partial charge is 0.479 e. The topological polar surface area (TPSA) is 93.2 Å². The second kappa shape index (κ2) is 7.39. The van der Waals surface area contributed by atoms with Crippen molar-refractivity contribution in [2.45, 2.75) is 32.5 Å².